The van der Waals surface area contributed by atoms with E-state index in [9.17, 15) is 17.2 Å². The quantitative estimate of drug-likeness (QED) is 0.205. The molecule has 6 nitrogen and oxygen atoms in total. The Morgan fingerprint density at radius 1 is 0.867 bits per heavy atom. The summed E-state index contributed by atoms with van der Waals surface area (Å²) in [5, 5.41) is 1.09. The van der Waals surface area contributed by atoms with E-state index in [0.717, 1.165) is 46.9 Å². The van der Waals surface area contributed by atoms with E-state index in [-0.39, 0.29) is 11.6 Å². The van der Waals surface area contributed by atoms with Crippen molar-refractivity contribution in [3.05, 3.63) is 78.1 Å². The smallest absolute Gasteiger partial charge is 0.264 e. The second kappa shape index (κ2) is 12.7. The van der Waals surface area contributed by atoms with Crippen LogP contribution in [0.5, 0.6) is 5.88 Å². The first kappa shape index (κ1) is 31.4. The van der Waals surface area contributed by atoms with Gasteiger partial charge in [-0.25, -0.2) is 22.2 Å². The van der Waals surface area contributed by atoms with Crippen molar-refractivity contribution >= 4 is 26.6 Å². The lowest BCUT2D eigenvalue weighted by molar-refractivity contribution is 0.139. The van der Waals surface area contributed by atoms with Crippen LogP contribution in [0.4, 0.5) is 14.5 Å². The van der Waals surface area contributed by atoms with Gasteiger partial charge in [0.2, 0.25) is 5.88 Å². The molecule has 0 amide bonds. The van der Waals surface area contributed by atoms with Gasteiger partial charge in [0.15, 0.2) is 0 Å². The highest BCUT2D eigenvalue weighted by atomic mass is 32.2. The summed E-state index contributed by atoms with van der Waals surface area (Å²) in [6.45, 7) is 4.82. The Morgan fingerprint density at radius 3 is 2.40 bits per heavy atom. The fourth-order valence-corrected chi connectivity index (χ4v) is 8.56. The number of ether oxygens (including phenoxy) is 1. The van der Waals surface area contributed by atoms with E-state index in [0.29, 0.717) is 23.0 Å². The van der Waals surface area contributed by atoms with Crippen molar-refractivity contribution in [1.29, 1.82) is 0 Å². The van der Waals surface area contributed by atoms with E-state index >= 15 is 0 Å². The topological polar surface area (TPSA) is 81.2 Å². The molecule has 4 aromatic rings. The predicted octanol–water partition coefficient (Wildman–Crippen LogP) is 9.26. The Labute approximate surface area is 264 Å². The Morgan fingerprint density at radius 2 is 1.64 bits per heavy atom. The number of hydrogen-bond donors (Lipinski definition) is 1. The van der Waals surface area contributed by atoms with Crippen molar-refractivity contribution in [3.63, 3.8) is 0 Å². The van der Waals surface area contributed by atoms with Gasteiger partial charge in [-0.05, 0) is 116 Å². The number of pyridine rings is 2. The highest BCUT2D eigenvalue weighted by molar-refractivity contribution is 7.92. The second-order valence-corrected chi connectivity index (χ2v) is 15.2. The van der Waals surface area contributed by atoms with Crippen molar-refractivity contribution in [3.8, 4) is 17.0 Å². The first-order chi connectivity index (χ1) is 21.5. The molecule has 0 saturated heterocycles. The highest BCUT2D eigenvalue weighted by Gasteiger charge is 2.33. The molecule has 0 radical (unpaired) electrons. The van der Waals surface area contributed by atoms with Gasteiger partial charge in [-0.1, -0.05) is 32.8 Å². The van der Waals surface area contributed by atoms with Crippen LogP contribution >= 0.6 is 0 Å². The van der Waals surface area contributed by atoms with Gasteiger partial charge in [0.25, 0.3) is 10.0 Å². The zero-order valence-corrected chi connectivity index (χ0v) is 27.0. The molecule has 0 spiro atoms. The standard InChI is InChI=1S/C36H41F2N3O3S/c1-36(2)16-13-24(14-17-36)23-5-4-6-25(8-7-23)29-15-18-39-32-11-9-26(19-30(29)32)27-20-33(35(44-3)40-22-27)41-45(42,43)34-12-10-28(37)21-31(34)38/h9-12,15,18-25,41H,4-8,13-14,16-17H2,1-3H3. The third-order valence-electron chi connectivity index (χ3n) is 10.1. The number of halogens is 2. The summed E-state index contributed by atoms with van der Waals surface area (Å²) in [5.41, 5.74) is 4.26. The van der Waals surface area contributed by atoms with Gasteiger partial charge in [0, 0.05) is 29.4 Å². The van der Waals surface area contributed by atoms with E-state index in [1.54, 1.807) is 12.3 Å². The molecule has 2 aromatic carbocycles. The number of methoxy groups -OCH3 is 1. The molecule has 9 heteroatoms. The monoisotopic (exact) mass is 633 g/mol. The molecule has 2 unspecified atom stereocenters. The number of nitrogens with one attached hydrogen (secondary N) is 1. The molecule has 0 aliphatic heterocycles. The number of anilines is 1. The highest BCUT2D eigenvalue weighted by Crippen LogP contribution is 2.46. The minimum absolute atomic E-state index is 0.0301. The third kappa shape index (κ3) is 6.83. The number of rotatable bonds is 7. The van der Waals surface area contributed by atoms with Crippen LogP contribution < -0.4 is 9.46 Å². The minimum atomic E-state index is -4.39. The van der Waals surface area contributed by atoms with Crippen molar-refractivity contribution < 1.29 is 21.9 Å². The number of sulfonamides is 1. The van der Waals surface area contributed by atoms with E-state index in [1.165, 1.54) is 64.0 Å². The molecule has 2 heterocycles. The van der Waals surface area contributed by atoms with Crippen LogP contribution in [0.15, 0.2) is 65.8 Å². The zero-order valence-electron chi connectivity index (χ0n) is 26.2. The molecular formula is C36H41F2N3O3S. The maximum absolute atomic E-state index is 14.4. The number of hydrogen-bond acceptors (Lipinski definition) is 5. The van der Waals surface area contributed by atoms with Gasteiger partial charge in [0.05, 0.1) is 12.6 Å². The molecule has 2 aliphatic carbocycles. The van der Waals surface area contributed by atoms with E-state index in [2.05, 4.69) is 40.7 Å². The van der Waals surface area contributed by atoms with Crippen molar-refractivity contribution in [2.45, 2.75) is 82.4 Å². The Balaban J connectivity index is 1.27. The summed E-state index contributed by atoms with van der Waals surface area (Å²) in [7, 11) is -3.02. The number of benzene rings is 2. The van der Waals surface area contributed by atoms with Crippen LogP contribution in [0, 0.1) is 28.9 Å². The molecular weight excluding hydrogens is 592 g/mol. The molecule has 6 rings (SSSR count). The van der Waals surface area contributed by atoms with Gasteiger partial charge in [-0.3, -0.25) is 9.71 Å². The number of aromatic nitrogens is 2. The number of nitrogens with zero attached hydrogens (tertiary/aromatic N) is 2. The largest absolute Gasteiger partial charge is 0.480 e. The molecule has 2 aliphatic rings. The van der Waals surface area contributed by atoms with Gasteiger partial charge < -0.3 is 4.74 Å². The molecule has 238 valence electrons. The van der Waals surface area contributed by atoms with Crippen LogP contribution in [0.1, 0.15) is 83.1 Å². The zero-order chi connectivity index (χ0) is 31.8. The molecule has 1 N–H and O–H groups in total. The van der Waals surface area contributed by atoms with Crippen LogP contribution in [-0.2, 0) is 10.0 Å². The fraction of sp³-hybridized carbons (Fsp3) is 0.444. The van der Waals surface area contributed by atoms with Crippen molar-refractivity contribution in [2.24, 2.45) is 17.3 Å². The summed E-state index contributed by atoms with van der Waals surface area (Å²) in [5.74, 6) is 0.0971. The summed E-state index contributed by atoms with van der Waals surface area (Å²) >= 11 is 0. The van der Waals surface area contributed by atoms with Crippen molar-refractivity contribution in [1.82, 2.24) is 9.97 Å². The van der Waals surface area contributed by atoms with Gasteiger partial charge in [0.1, 0.15) is 22.2 Å². The average Bonchev–Trinajstić information content (AvgIpc) is 3.26. The van der Waals surface area contributed by atoms with E-state index in [1.807, 2.05) is 18.3 Å². The van der Waals surface area contributed by atoms with Crippen LogP contribution in [0.3, 0.4) is 0 Å². The van der Waals surface area contributed by atoms with Gasteiger partial charge >= 0.3 is 0 Å². The van der Waals surface area contributed by atoms with Crippen LogP contribution in [-0.4, -0.2) is 25.5 Å². The maximum Gasteiger partial charge on any atom is 0.264 e. The number of fused-ring (bicyclic) bond motifs is 1. The lowest BCUT2D eigenvalue weighted by Gasteiger charge is -2.38. The van der Waals surface area contributed by atoms with Crippen LogP contribution in [0.2, 0.25) is 0 Å². The first-order valence-electron chi connectivity index (χ1n) is 15.9. The summed E-state index contributed by atoms with van der Waals surface area (Å²) in [6.07, 6.45) is 15.1. The molecule has 0 bridgehead atoms. The average molecular weight is 634 g/mol. The lowest BCUT2D eigenvalue weighted by atomic mass is 9.68. The summed E-state index contributed by atoms with van der Waals surface area (Å²) in [4.78, 5) is 8.31. The van der Waals surface area contributed by atoms with Gasteiger partial charge in [-0.2, -0.15) is 0 Å². The minimum Gasteiger partial charge on any atom is -0.480 e. The molecule has 2 fully saturated rings. The summed E-state index contributed by atoms with van der Waals surface area (Å²) < 4.78 is 61.6. The predicted molar refractivity (Wildman–Crippen MR) is 174 cm³/mol. The Kier molecular flexibility index (Phi) is 8.83. The van der Waals surface area contributed by atoms with E-state index < -0.39 is 26.6 Å². The Hall–Kier alpha value is -3.59. The normalized spacial score (nSPS) is 20.9. The Bertz CT molecular complexity index is 1800. The van der Waals surface area contributed by atoms with Crippen LogP contribution in [0.25, 0.3) is 22.0 Å². The van der Waals surface area contributed by atoms with E-state index in [4.69, 9.17) is 4.74 Å². The molecule has 2 atom stereocenters. The second-order valence-electron chi connectivity index (χ2n) is 13.6. The molecule has 2 saturated carbocycles. The molecule has 45 heavy (non-hydrogen) atoms. The first-order valence-corrected chi connectivity index (χ1v) is 17.4. The SMILES string of the molecule is COc1ncc(-c2ccc3nccc(C4CCCC(C5CCC(C)(C)CC5)CC4)c3c2)cc1NS(=O)(=O)c1ccc(F)cc1F. The molecule has 2 aromatic heterocycles. The fourth-order valence-electron chi connectivity index (χ4n) is 7.45. The van der Waals surface area contributed by atoms with Gasteiger partial charge in [-0.15, -0.1) is 0 Å². The maximum atomic E-state index is 14.4. The lowest BCUT2D eigenvalue weighted by Crippen LogP contribution is -2.26. The third-order valence-corrected chi connectivity index (χ3v) is 11.5. The van der Waals surface area contributed by atoms with Crippen molar-refractivity contribution in [2.75, 3.05) is 11.8 Å². The summed E-state index contributed by atoms with van der Waals surface area (Å²) in [6, 6.07) is 12.1.